The molecular weight excluding hydrogens is 1280 g/mol. The monoisotopic (exact) mass is 1380 g/mol. The van der Waals surface area contributed by atoms with E-state index in [1.165, 1.54) is 150 Å². The third kappa shape index (κ3) is 16.7. The van der Waals surface area contributed by atoms with Crippen LogP contribution in [0.25, 0.3) is 74.2 Å². The first kappa shape index (κ1) is 70.6. The number of hydrogen-bond donors (Lipinski definition) is 2. The zero-order chi connectivity index (χ0) is 68.5. The van der Waals surface area contributed by atoms with Crippen molar-refractivity contribution in [3.05, 3.63) is 146 Å². The normalized spacial score (nSPS) is 11.7. The maximum Gasteiger partial charge on any atom is 0.119 e. The van der Waals surface area contributed by atoms with E-state index >= 15 is 0 Å². The van der Waals surface area contributed by atoms with E-state index in [0.29, 0.717) is 11.4 Å². The van der Waals surface area contributed by atoms with Gasteiger partial charge in [-0.2, -0.15) is 8.75 Å². The van der Waals surface area contributed by atoms with Crippen LogP contribution in [-0.4, -0.2) is 44.3 Å². The molecule has 0 atom stereocenters. The van der Waals surface area contributed by atoms with Gasteiger partial charge in [-0.3, -0.25) is 0 Å². The maximum atomic E-state index is 7.31. The van der Waals surface area contributed by atoms with Crippen molar-refractivity contribution in [2.45, 2.75) is 182 Å². The lowest BCUT2D eigenvalue weighted by molar-refractivity contribution is 0.304. The van der Waals surface area contributed by atoms with Crippen LogP contribution in [0.2, 0.25) is 0 Å². The molecule has 0 aliphatic heterocycles. The van der Waals surface area contributed by atoms with E-state index in [-0.39, 0.29) is 0 Å². The van der Waals surface area contributed by atoms with Gasteiger partial charge in [-0.1, -0.05) is 156 Å². The van der Waals surface area contributed by atoms with Crippen LogP contribution < -0.4 is 40.2 Å². The van der Waals surface area contributed by atoms with Gasteiger partial charge >= 0.3 is 0 Å². The third-order valence-electron chi connectivity index (χ3n) is 19.6. The molecule has 15 heteroatoms. The lowest BCUT2D eigenvalue weighted by Crippen LogP contribution is -2.10. The van der Waals surface area contributed by atoms with Gasteiger partial charge in [0.1, 0.15) is 34.0 Å². The van der Waals surface area contributed by atoms with E-state index in [4.69, 9.17) is 39.2 Å². The summed E-state index contributed by atoms with van der Waals surface area (Å²) in [4.78, 5) is 6.65. The summed E-state index contributed by atoms with van der Waals surface area (Å²) < 4.78 is 42.0. The molecule has 0 saturated heterocycles. The van der Waals surface area contributed by atoms with Crippen LogP contribution in [0.3, 0.4) is 0 Å². The van der Waals surface area contributed by atoms with E-state index in [9.17, 15) is 0 Å². The minimum Gasteiger partial charge on any atom is -0.494 e. The Bertz CT molecular complexity index is 4120. The highest BCUT2D eigenvalue weighted by atomic mass is 32.1. The maximum absolute atomic E-state index is 7.31. The highest BCUT2D eigenvalue weighted by Crippen LogP contribution is 2.52. The summed E-state index contributed by atoms with van der Waals surface area (Å²) in [5.41, 5.74) is 29.6. The average molecular weight is 1380 g/mol. The lowest BCUT2D eigenvalue weighted by atomic mass is 10.0. The molecule has 0 spiro atoms. The Balaban J connectivity index is 0.808. The zero-order valence-corrected chi connectivity index (χ0v) is 61.8. The van der Waals surface area contributed by atoms with Gasteiger partial charge in [0, 0.05) is 79.9 Å². The second-order valence-electron chi connectivity index (χ2n) is 26.8. The number of nitrogens with zero attached hydrogens (tertiary/aromatic N) is 6. The number of nitrogen functional groups attached to an aromatic ring is 2. The van der Waals surface area contributed by atoms with Crippen molar-refractivity contribution in [2.75, 3.05) is 47.7 Å². The topological polar surface area (TPSA) is 131 Å². The summed E-state index contributed by atoms with van der Waals surface area (Å²) in [6.45, 7) is 11.9. The Hall–Kier alpha value is -8.24. The summed E-state index contributed by atoms with van der Waals surface area (Å²) in [6.07, 6.45) is 29.6. The standard InChI is InChI=1S/C84H102N8O4S3/c1-7-11-15-19-23-27-51-93-65-41-31-59(32-42-65)91(60-33-43-66(44-34-60)94-52-28-24-20-16-12-8-2)63-39-49-69-71(55-63)89(5)73-57-75(97-83(69)73)77-79(85)80(86)78(82-81(77)87-99-88-82)76-58-74-84(98-76)70-50-40-64(56-72(70)90(74)6)92(61-35-45-67(46-36-61)95-53-29-25-21-17-13-9-3)62-37-47-68(48-38-62)96-54-30-26-22-18-14-10-4/h31-50,55-58H,7-30,51-54,85-86H2,1-6H3. The molecule has 520 valence electrons. The molecule has 12 aromatic rings. The SMILES string of the molecule is CCCCCCCCOc1ccc(N(c2ccc(OCCCCCCCC)cc2)c2ccc3c4sc(-c5c(N)c(N)c(-c6cc7c(s6)c6ccc(N(c8ccc(OCCCCCCCC)cc8)c8ccc(OCCCCCCCC)cc8)cc6n7C)c6nsnc56)cc4n(C)c3c2)cc1. The summed E-state index contributed by atoms with van der Waals surface area (Å²) in [5.74, 6) is 3.55. The first-order valence-electron chi connectivity index (χ1n) is 37.1. The Morgan fingerprint density at radius 1 is 0.333 bits per heavy atom. The highest BCUT2D eigenvalue weighted by Gasteiger charge is 2.27. The molecule has 0 aliphatic carbocycles. The fraction of sp³-hybridized carbons (Fsp3) is 0.405. The number of hydrogen-bond acceptors (Lipinski definition) is 13. The van der Waals surface area contributed by atoms with Gasteiger partial charge in [0.05, 0.1) is 81.0 Å². The molecule has 0 fully saturated rings. The van der Waals surface area contributed by atoms with Crippen LogP contribution in [0.4, 0.5) is 45.5 Å². The van der Waals surface area contributed by atoms with Crippen LogP contribution in [0.1, 0.15) is 182 Å². The first-order valence-corrected chi connectivity index (χ1v) is 39.4. The lowest BCUT2D eigenvalue weighted by Gasteiger charge is -2.26. The fourth-order valence-electron chi connectivity index (χ4n) is 13.9. The molecular formula is C84H102N8O4S3. The minimum atomic E-state index is 0.512. The number of aryl methyl sites for hydroxylation is 2. The first-order chi connectivity index (χ1) is 48.7. The largest absolute Gasteiger partial charge is 0.494 e. The fourth-order valence-corrected chi connectivity index (χ4v) is 17.0. The van der Waals surface area contributed by atoms with E-state index in [1.807, 2.05) is 0 Å². The predicted molar refractivity (Wildman–Crippen MR) is 426 cm³/mol. The molecule has 0 saturated carbocycles. The number of unbranched alkanes of at least 4 members (excludes halogenated alkanes) is 20. The van der Waals surface area contributed by atoms with Gasteiger partial charge in [-0.25, -0.2) is 0 Å². The number of rotatable bonds is 40. The molecule has 0 aliphatic rings. The number of ether oxygens (including phenoxy) is 4. The van der Waals surface area contributed by atoms with E-state index in [0.717, 1.165) is 174 Å². The minimum absolute atomic E-state index is 0.512. The van der Waals surface area contributed by atoms with Crippen LogP contribution in [0.15, 0.2) is 146 Å². The molecule has 5 heterocycles. The number of aromatic nitrogens is 4. The molecule has 5 aromatic heterocycles. The third-order valence-corrected chi connectivity index (χ3v) is 22.4. The van der Waals surface area contributed by atoms with Gasteiger partial charge in [0.25, 0.3) is 0 Å². The highest BCUT2D eigenvalue weighted by molar-refractivity contribution is 7.24. The van der Waals surface area contributed by atoms with Crippen LogP contribution >= 0.6 is 34.4 Å². The Kier molecular flexibility index (Phi) is 24.7. The van der Waals surface area contributed by atoms with Crippen molar-refractivity contribution < 1.29 is 18.9 Å². The molecule has 99 heavy (non-hydrogen) atoms. The Labute approximate surface area is 599 Å². The van der Waals surface area contributed by atoms with Crippen LogP contribution in [0, 0.1) is 0 Å². The van der Waals surface area contributed by atoms with Gasteiger partial charge in [0.15, 0.2) is 0 Å². The van der Waals surface area contributed by atoms with Gasteiger partial charge < -0.3 is 49.3 Å². The summed E-state index contributed by atoms with van der Waals surface area (Å²) in [7, 11) is 4.31. The van der Waals surface area contributed by atoms with Gasteiger partial charge in [0.2, 0.25) is 0 Å². The summed E-state index contributed by atoms with van der Waals surface area (Å²) in [6, 6.07) is 52.3. The van der Waals surface area contributed by atoms with Crippen molar-refractivity contribution in [1.82, 2.24) is 17.9 Å². The molecule has 12 rings (SSSR count). The Morgan fingerprint density at radius 2 is 0.606 bits per heavy atom. The zero-order valence-electron chi connectivity index (χ0n) is 59.4. The average Bonchev–Trinajstić information content (AvgIpc) is 1.58. The van der Waals surface area contributed by atoms with Crippen molar-refractivity contribution in [3.8, 4) is 43.9 Å². The number of benzene rings is 7. The van der Waals surface area contributed by atoms with E-state index in [2.05, 4.69) is 206 Å². The summed E-state index contributed by atoms with van der Waals surface area (Å²) >= 11 is 4.65. The molecule has 4 N–H and O–H groups in total. The number of nitrogens with two attached hydrogens (primary N) is 2. The second kappa shape index (κ2) is 34.7. The van der Waals surface area contributed by atoms with Crippen LogP contribution in [0.5, 0.6) is 23.0 Å². The van der Waals surface area contributed by atoms with Crippen molar-refractivity contribution in [3.63, 3.8) is 0 Å². The molecule has 0 radical (unpaired) electrons. The van der Waals surface area contributed by atoms with Gasteiger partial charge in [-0.15, -0.1) is 22.7 Å². The molecule has 0 unspecified atom stereocenters. The predicted octanol–water partition coefficient (Wildman–Crippen LogP) is 25.5. The smallest absolute Gasteiger partial charge is 0.119 e. The number of anilines is 8. The van der Waals surface area contributed by atoms with E-state index < -0.39 is 0 Å². The molecule has 0 amide bonds. The van der Waals surface area contributed by atoms with Crippen molar-refractivity contribution in [2.24, 2.45) is 14.1 Å². The van der Waals surface area contributed by atoms with Crippen molar-refractivity contribution in [1.29, 1.82) is 0 Å². The second-order valence-corrected chi connectivity index (χ2v) is 29.5. The number of fused-ring (bicyclic) bond motifs is 7. The Morgan fingerprint density at radius 3 is 0.899 bits per heavy atom. The van der Waals surface area contributed by atoms with Crippen LogP contribution in [-0.2, 0) is 14.1 Å². The van der Waals surface area contributed by atoms with Crippen molar-refractivity contribution >= 4 is 133 Å². The summed E-state index contributed by atoms with van der Waals surface area (Å²) in [5, 5.41) is 2.32. The number of thiophene rings is 2. The molecule has 0 bridgehead atoms. The quantitative estimate of drug-likeness (QED) is 0.0283. The molecule has 12 nitrogen and oxygen atoms in total. The molecule has 7 aromatic carbocycles. The van der Waals surface area contributed by atoms with Gasteiger partial charge in [-0.05, 0) is 171 Å². The van der Waals surface area contributed by atoms with E-state index in [1.54, 1.807) is 22.7 Å².